The molecule has 0 saturated carbocycles. The van der Waals surface area contributed by atoms with Crippen LogP contribution in [0.4, 0.5) is 11.4 Å². The van der Waals surface area contributed by atoms with Crippen LogP contribution in [0.3, 0.4) is 0 Å². The van der Waals surface area contributed by atoms with E-state index in [9.17, 15) is 4.21 Å². The molecule has 0 aliphatic carbocycles. The van der Waals surface area contributed by atoms with Crippen LogP contribution >= 0.6 is 11.6 Å². The second-order valence-corrected chi connectivity index (χ2v) is 4.17. The summed E-state index contributed by atoms with van der Waals surface area (Å²) in [6, 6.07) is 3.43. The molecule has 0 spiro atoms. The molecule has 64 valence electrons. The first-order valence-corrected chi connectivity index (χ1v) is 5.10. The highest BCUT2D eigenvalue weighted by Crippen LogP contribution is 2.35. The molecule has 1 aliphatic rings. The zero-order chi connectivity index (χ0) is 8.72. The van der Waals surface area contributed by atoms with Crippen molar-refractivity contribution in [3.05, 3.63) is 22.7 Å². The first-order valence-electron chi connectivity index (χ1n) is 3.40. The zero-order valence-corrected chi connectivity index (χ0v) is 7.71. The lowest BCUT2D eigenvalue weighted by Crippen LogP contribution is -1.97. The second kappa shape index (κ2) is 2.64. The number of anilines is 2. The summed E-state index contributed by atoms with van der Waals surface area (Å²) in [6.45, 7) is 0. The van der Waals surface area contributed by atoms with Crippen LogP contribution in [0.2, 0.25) is 5.02 Å². The third-order valence-corrected chi connectivity index (χ3v) is 3.12. The van der Waals surface area contributed by atoms with E-state index >= 15 is 0 Å². The number of benzene rings is 1. The third kappa shape index (κ3) is 1.07. The van der Waals surface area contributed by atoms with Crippen LogP contribution in [0.1, 0.15) is 5.56 Å². The van der Waals surface area contributed by atoms with Crippen molar-refractivity contribution < 1.29 is 4.21 Å². The van der Waals surface area contributed by atoms with Gasteiger partial charge < -0.3 is 10.5 Å². The van der Waals surface area contributed by atoms with Gasteiger partial charge in [0.05, 0.1) is 17.1 Å². The number of halogens is 1. The van der Waals surface area contributed by atoms with E-state index in [0.29, 0.717) is 16.5 Å². The predicted octanol–water partition coefficient (Wildman–Crippen LogP) is 1.51. The van der Waals surface area contributed by atoms with Crippen LogP contribution in [0.5, 0.6) is 0 Å². The molecule has 1 aliphatic heterocycles. The standard InChI is InChI=1S/C7H7ClN2OS/c8-5-1-2-6(9)7-4(5)3-12(11)10-7/h1-2,10H,3,9H2. The van der Waals surface area contributed by atoms with E-state index in [1.54, 1.807) is 12.1 Å². The van der Waals surface area contributed by atoms with E-state index in [-0.39, 0.29) is 0 Å². The van der Waals surface area contributed by atoms with Gasteiger partial charge in [0.2, 0.25) is 0 Å². The quantitative estimate of drug-likeness (QED) is 0.627. The smallest absolute Gasteiger partial charge is 0.121 e. The van der Waals surface area contributed by atoms with E-state index < -0.39 is 11.0 Å². The lowest BCUT2D eigenvalue weighted by Gasteiger charge is -2.02. The van der Waals surface area contributed by atoms with E-state index in [1.807, 2.05) is 0 Å². The number of nitrogens with one attached hydrogen (secondary N) is 1. The number of fused-ring (bicyclic) bond motifs is 1. The van der Waals surface area contributed by atoms with E-state index in [1.165, 1.54) is 0 Å². The molecule has 0 amide bonds. The highest BCUT2D eigenvalue weighted by Gasteiger charge is 2.21. The molecule has 1 aromatic rings. The van der Waals surface area contributed by atoms with Crippen molar-refractivity contribution in [3.8, 4) is 0 Å². The highest BCUT2D eigenvalue weighted by molar-refractivity contribution is 7.86. The lowest BCUT2D eigenvalue weighted by atomic mass is 10.2. The summed E-state index contributed by atoms with van der Waals surface area (Å²) in [6.07, 6.45) is 0. The molecule has 1 atom stereocenters. The number of nitrogens with two attached hydrogens (primary N) is 1. The van der Waals surface area contributed by atoms with Gasteiger partial charge in [-0.05, 0) is 12.1 Å². The van der Waals surface area contributed by atoms with Gasteiger partial charge in [0, 0.05) is 10.6 Å². The Hall–Kier alpha value is -0.740. The van der Waals surface area contributed by atoms with Gasteiger partial charge in [0.25, 0.3) is 0 Å². The van der Waals surface area contributed by atoms with Gasteiger partial charge in [-0.1, -0.05) is 11.6 Å². The molecule has 0 bridgehead atoms. The van der Waals surface area contributed by atoms with Crippen molar-refractivity contribution in [3.63, 3.8) is 0 Å². The Morgan fingerprint density at radius 1 is 1.58 bits per heavy atom. The molecule has 0 fully saturated rings. The first kappa shape index (κ1) is 7.89. The van der Waals surface area contributed by atoms with Crippen LogP contribution in [-0.4, -0.2) is 4.21 Å². The van der Waals surface area contributed by atoms with Gasteiger partial charge in [-0.2, -0.15) is 0 Å². The Bertz CT molecular complexity index is 334. The minimum Gasteiger partial charge on any atom is -0.397 e. The van der Waals surface area contributed by atoms with Gasteiger partial charge in [-0.15, -0.1) is 0 Å². The van der Waals surface area contributed by atoms with Crippen LogP contribution < -0.4 is 10.5 Å². The summed E-state index contributed by atoms with van der Waals surface area (Å²) in [4.78, 5) is 0. The van der Waals surface area contributed by atoms with Crippen LogP contribution in [0, 0.1) is 0 Å². The number of hydrogen-bond acceptors (Lipinski definition) is 2. The van der Waals surface area contributed by atoms with Gasteiger partial charge >= 0.3 is 0 Å². The number of nitrogen functional groups attached to an aromatic ring is 1. The van der Waals surface area contributed by atoms with Crippen LogP contribution in [0.25, 0.3) is 0 Å². The summed E-state index contributed by atoms with van der Waals surface area (Å²) < 4.78 is 13.9. The Kier molecular flexibility index (Phi) is 1.73. The molecule has 1 aromatic carbocycles. The molecule has 0 aromatic heterocycles. The minimum absolute atomic E-state index is 0.444. The molecule has 3 nitrogen and oxygen atoms in total. The van der Waals surface area contributed by atoms with Gasteiger partial charge in [0.15, 0.2) is 0 Å². The monoisotopic (exact) mass is 202 g/mol. The molecule has 1 heterocycles. The predicted molar refractivity (Wildman–Crippen MR) is 51.3 cm³/mol. The van der Waals surface area contributed by atoms with Gasteiger partial charge in [-0.25, -0.2) is 4.21 Å². The zero-order valence-electron chi connectivity index (χ0n) is 6.13. The molecule has 0 radical (unpaired) electrons. The number of rotatable bonds is 0. The Balaban J connectivity index is 2.64. The number of hydrogen-bond donors (Lipinski definition) is 2. The normalized spacial score (nSPS) is 20.2. The van der Waals surface area contributed by atoms with E-state index in [2.05, 4.69) is 4.72 Å². The van der Waals surface area contributed by atoms with Crippen LogP contribution in [-0.2, 0) is 16.7 Å². The van der Waals surface area contributed by atoms with Crippen LogP contribution in [0.15, 0.2) is 12.1 Å². The fourth-order valence-corrected chi connectivity index (χ4v) is 2.59. The molecule has 2 rings (SSSR count). The molecule has 0 saturated heterocycles. The Morgan fingerprint density at radius 3 is 3.00 bits per heavy atom. The third-order valence-electron chi connectivity index (χ3n) is 1.78. The van der Waals surface area contributed by atoms with E-state index in [0.717, 1.165) is 11.3 Å². The largest absolute Gasteiger partial charge is 0.397 e. The Morgan fingerprint density at radius 2 is 2.33 bits per heavy atom. The maximum atomic E-state index is 11.1. The van der Waals surface area contributed by atoms with Gasteiger partial charge in [0.1, 0.15) is 11.0 Å². The maximum Gasteiger partial charge on any atom is 0.121 e. The second-order valence-electron chi connectivity index (χ2n) is 2.58. The van der Waals surface area contributed by atoms with Crippen molar-refractivity contribution in [2.24, 2.45) is 0 Å². The summed E-state index contributed by atoms with van der Waals surface area (Å²) in [5.41, 5.74) is 7.82. The molecular weight excluding hydrogens is 196 g/mol. The average Bonchev–Trinajstić information content (AvgIpc) is 2.41. The molecule has 3 N–H and O–H groups in total. The summed E-state index contributed by atoms with van der Waals surface area (Å²) in [5, 5.41) is 0.623. The van der Waals surface area contributed by atoms with Crippen molar-refractivity contribution in [2.45, 2.75) is 5.75 Å². The van der Waals surface area contributed by atoms with Crippen molar-refractivity contribution >= 4 is 34.0 Å². The van der Waals surface area contributed by atoms with E-state index in [4.69, 9.17) is 17.3 Å². The molecule has 12 heavy (non-hydrogen) atoms. The molecule has 1 unspecified atom stereocenters. The Labute approximate surface area is 77.5 Å². The topological polar surface area (TPSA) is 55.1 Å². The minimum atomic E-state index is -1.05. The van der Waals surface area contributed by atoms with Gasteiger partial charge in [-0.3, -0.25) is 0 Å². The maximum absolute atomic E-state index is 11.1. The fourth-order valence-electron chi connectivity index (χ4n) is 1.18. The fraction of sp³-hybridized carbons (Fsp3) is 0.143. The molecule has 5 heteroatoms. The molecular formula is C7H7ClN2OS. The van der Waals surface area contributed by atoms with Crippen molar-refractivity contribution in [2.75, 3.05) is 10.5 Å². The first-order chi connectivity index (χ1) is 5.68. The summed E-state index contributed by atoms with van der Waals surface area (Å²) >= 11 is 5.88. The lowest BCUT2D eigenvalue weighted by molar-refractivity contribution is 0.687. The average molecular weight is 203 g/mol. The summed E-state index contributed by atoms with van der Waals surface area (Å²) in [5.74, 6) is 0.444. The van der Waals surface area contributed by atoms with Crippen molar-refractivity contribution in [1.82, 2.24) is 0 Å². The van der Waals surface area contributed by atoms with Crippen molar-refractivity contribution in [1.29, 1.82) is 0 Å². The highest BCUT2D eigenvalue weighted by atomic mass is 35.5. The SMILES string of the molecule is Nc1ccc(Cl)c2c1NS(=O)C2. The summed E-state index contributed by atoms with van der Waals surface area (Å²) in [7, 11) is -1.05.